The van der Waals surface area contributed by atoms with Gasteiger partial charge in [-0.15, -0.1) is 0 Å². The average Bonchev–Trinajstić information content (AvgIpc) is 2.55. The van der Waals surface area contributed by atoms with Gasteiger partial charge in [-0.25, -0.2) is 4.39 Å². The van der Waals surface area contributed by atoms with Crippen molar-refractivity contribution >= 4 is 17.7 Å². The Labute approximate surface area is 140 Å². The molecule has 1 heterocycles. The maximum Gasteiger partial charge on any atom is 0.242 e. The van der Waals surface area contributed by atoms with Gasteiger partial charge in [0, 0.05) is 26.4 Å². The summed E-state index contributed by atoms with van der Waals surface area (Å²) >= 11 is 0. The van der Waals surface area contributed by atoms with Crippen LogP contribution in [0.5, 0.6) is 0 Å². The van der Waals surface area contributed by atoms with Crippen molar-refractivity contribution in [1.82, 2.24) is 9.80 Å². The number of hydrogen-bond donors (Lipinski definition) is 1. The van der Waals surface area contributed by atoms with Gasteiger partial charge in [0.25, 0.3) is 0 Å². The van der Waals surface area contributed by atoms with Gasteiger partial charge in [-0.3, -0.25) is 14.4 Å². The van der Waals surface area contributed by atoms with Gasteiger partial charge in [0.1, 0.15) is 11.9 Å². The first kappa shape index (κ1) is 17.9. The summed E-state index contributed by atoms with van der Waals surface area (Å²) in [7, 11) is 0. The fourth-order valence-electron chi connectivity index (χ4n) is 2.85. The van der Waals surface area contributed by atoms with E-state index in [0.717, 1.165) is 5.56 Å². The van der Waals surface area contributed by atoms with E-state index in [9.17, 15) is 18.8 Å². The quantitative estimate of drug-likeness (QED) is 0.859. The molecule has 2 N–H and O–H groups in total. The van der Waals surface area contributed by atoms with Crippen LogP contribution in [0.4, 0.5) is 4.39 Å². The molecule has 3 amide bonds. The predicted molar refractivity (Wildman–Crippen MR) is 86.3 cm³/mol. The van der Waals surface area contributed by atoms with Crippen LogP contribution in [-0.4, -0.2) is 53.2 Å². The number of nitrogens with two attached hydrogens (primary N) is 1. The van der Waals surface area contributed by atoms with E-state index in [0.29, 0.717) is 25.9 Å². The van der Waals surface area contributed by atoms with E-state index in [1.54, 1.807) is 12.1 Å². The second kappa shape index (κ2) is 7.90. The molecule has 24 heavy (non-hydrogen) atoms. The van der Waals surface area contributed by atoms with Crippen LogP contribution in [0.3, 0.4) is 0 Å². The molecule has 0 radical (unpaired) electrons. The highest BCUT2D eigenvalue weighted by Gasteiger charge is 2.34. The zero-order chi connectivity index (χ0) is 17.7. The van der Waals surface area contributed by atoms with E-state index in [2.05, 4.69) is 0 Å². The van der Waals surface area contributed by atoms with Crippen molar-refractivity contribution in [3.63, 3.8) is 0 Å². The van der Waals surface area contributed by atoms with Crippen LogP contribution in [0.25, 0.3) is 0 Å². The second-order valence-electron chi connectivity index (χ2n) is 5.95. The average molecular weight is 335 g/mol. The number of carbonyl (C=O) groups excluding carboxylic acids is 3. The molecule has 1 aromatic rings. The Kier molecular flexibility index (Phi) is 5.89. The van der Waals surface area contributed by atoms with Crippen molar-refractivity contribution in [1.29, 1.82) is 0 Å². The molecule has 1 aliphatic rings. The summed E-state index contributed by atoms with van der Waals surface area (Å²) < 4.78 is 12.9. The van der Waals surface area contributed by atoms with Crippen molar-refractivity contribution in [2.24, 2.45) is 5.73 Å². The van der Waals surface area contributed by atoms with E-state index in [1.807, 2.05) is 0 Å². The van der Waals surface area contributed by atoms with E-state index in [-0.39, 0.29) is 30.6 Å². The minimum Gasteiger partial charge on any atom is -0.368 e. The molecular formula is C17H22FN3O3. The van der Waals surface area contributed by atoms with Crippen molar-refractivity contribution in [3.8, 4) is 0 Å². The number of hydrogen-bond acceptors (Lipinski definition) is 3. The van der Waals surface area contributed by atoms with E-state index in [4.69, 9.17) is 5.73 Å². The molecule has 6 nitrogen and oxygen atoms in total. The molecular weight excluding hydrogens is 313 g/mol. The number of piperazine rings is 1. The fourth-order valence-corrected chi connectivity index (χ4v) is 2.85. The largest absolute Gasteiger partial charge is 0.368 e. The summed E-state index contributed by atoms with van der Waals surface area (Å²) in [5.41, 5.74) is 6.34. The second-order valence-corrected chi connectivity index (χ2v) is 5.95. The highest BCUT2D eigenvalue weighted by molar-refractivity contribution is 5.88. The molecule has 1 unspecified atom stereocenters. The van der Waals surface area contributed by atoms with Crippen LogP contribution < -0.4 is 5.73 Å². The van der Waals surface area contributed by atoms with Gasteiger partial charge in [-0.05, 0) is 30.5 Å². The van der Waals surface area contributed by atoms with Crippen LogP contribution in [0.1, 0.15) is 25.3 Å². The smallest absolute Gasteiger partial charge is 0.242 e. The summed E-state index contributed by atoms with van der Waals surface area (Å²) in [4.78, 5) is 38.4. The van der Waals surface area contributed by atoms with Gasteiger partial charge in [0.15, 0.2) is 0 Å². The Hall–Kier alpha value is -2.44. The van der Waals surface area contributed by atoms with Crippen molar-refractivity contribution < 1.29 is 18.8 Å². The Morgan fingerprint density at radius 2 is 1.88 bits per heavy atom. The lowest BCUT2D eigenvalue weighted by Gasteiger charge is -2.39. The number of nitrogens with zero attached hydrogens (tertiary/aromatic N) is 2. The first-order valence-corrected chi connectivity index (χ1v) is 7.97. The van der Waals surface area contributed by atoms with E-state index < -0.39 is 11.9 Å². The van der Waals surface area contributed by atoms with Crippen LogP contribution in [-0.2, 0) is 20.8 Å². The molecule has 0 aliphatic carbocycles. The molecule has 2 rings (SSSR count). The van der Waals surface area contributed by atoms with Crippen molar-refractivity contribution in [3.05, 3.63) is 35.6 Å². The lowest BCUT2D eigenvalue weighted by Crippen LogP contribution is -2.60. The van der Waals surface area contributed by atoms with Gasteiger partial charge in [0.2, 0.25) is 17.7 Å². The van der Waals surface area contributed by atoms with Gasteiger partial charge in [-0.1, -0.05) is 12.1 Å². The molecule has 1 aliphatic heterocycles. The fraction of sp³-hybridized carbons (Fsp3) is 0.471. The first-order valence-electron chi connectivity index (χ1n) is 7.97. The highest BCUT2D eigenvalue weighted by atomic mass is 19.1. The Morgan fingerprint density at radius 1 is 1.21 bits per heavy atom. The summed E-state index contributed by atoms with van der Waals surface area (Å²) in [5.74, 6) is -1.18. The highest BCUT2D eigenvalue weighted by Crippen LogP contribution is 2.14. The maximum absolute atomic E-state index is 12.9. The standard InChI is InChI=1S/C17H22FN3O3/c1-12(22)20-9-10-21(15(11-20)17(19)24)16(23)4-2-3-13-5-7-14(18)8-6-13/h5-8,15H,2-4,9-11H2,1H3,(H2,19,24). The topological polar surface area (TPSA) is 83.7 Å². The van der Waals surface area contributed by atoms with Gasteiger partial charge in [-0.2, -0.15) is 0 Å². The lowest BCUT2D eigenvalue weighted by molar-refractivity contribution is -0.146. The molecule has 0 saturated carbocycles. The third-order valence-corrected chi connectivity index (χ3v) is 4.24. The summed E-state index contributed by atoms with van der Waals surface area (Å²) in [5, 5.41) is 0. The summed E-state index contributed by atoms with van der Waals surface area (Å²) in [6.45, 7) is 2.29. The monoisotopic (exact) mass is 335 g/mol. The molecule has 1 saturated heterocycles. The zero-order valence-electron chi connectivity index (χ0n) is 13.7. The van der Waals surface area contributed by atoms with Gasteiger partial charge in [0.05, 0.1) is 6.54 Å². The van der Waals surface area contributed by atoms with Crippen LogP contribution in [0.15, 0.2) is 24.3 Å². The summed E-state index contributed by atoms with van der Waals surface area (Å²) in [6, 6.07) is 5.39. The van der Waals surface area contributed by atoms with Crippen molar-refractivity contribution in [2.45, 2.75) is 32.2 Å². The summed E-state index contributed by atoms with van der Waals surface area (Å²) in [6.07, 6.45) is 1.53. The first-order chi connectivity index (χ1) is 11.4. The van der Waals surface area contributed by atoms with E-state index in [1.165, 1.54) is 28.9 Å². The number of aryl methyl sites for hydroxylation is 1. The molecule has 0 spiro atoms. The number of halogens is 1. The normalized spacial score (nSPS) is 17.7. The molecule has 1 aromatic carbocycles. The van der Waals surface area contributed by atoms with Gasteiger partial charge >= 0.3 is 0 Å². The Balaban J connectivity index is 1.89. The molecule has 1 atom stereocenters. The maximum atomic E-state index is 12.9. The third kappa shape index (κ3) is 4.53. The number of benzene rings is 1. The van der Waals surface area contributed by atoms with Crippen molar-refractivity contribution in [2.75, 3.05) is 19.6 Å². The number of carbonyl (C=O) groups is 3. The SMILES string of the molecule is CC(=O)N1CCN(C(=O)CCCc2ccc(F)cc2)C(C(N)=O)C1. The lowest BCUT2D eigenvalue weighted by atomic mass is 10.1. The zero-order valence-corrected chi connectivity index (χ0v) is 13.7. The minimum atomic E-state index is -0.777. The minimum absolute atomic E-state index is 0.135. The molecule has 0 aromatic heterocycles. The molecule has 7 heteroatoms. The number of amides is 3. The van der Waals surface area contributed by atoms with Crippen LogP contribution >= 0.6 is 0 Å². The number of rotatable bonds is 5. The Morgan fingerprint density at radius 3 is 2.46 bits per heavy atom. The third-order valence-electron chi connectivity index (χ3n) is 4.24. The van der Waals surface area contributed by atoms with Crippen LogP contribution in [0, 0.1) is 5.82 Å². The molecule has 1 fully saturated rings. The molecule has 0 bridgehead atoms. The van der Waals surface area contributed by atoms with Gasteiger partial charge < -0.3 is 15.5 Å². The van der Waals surface area contributed by atoms with E-state index >= 15 is 0 Å². The van der Waals surface area contributed by atoms with Crippen LogP contribution in [0.2, 0.25) is 0 Å². The predicted octanol–water partition coefficient (Wildman–Crippen LogP) is 0.693. The number of primary amides is 1. The molecule has 130 valence electrons. The Bertz CT molecular complexity index is 618.